The summed E-state index contributed by atoms with van der Waals surface area (Å²) < 4.78 is 0. The van der Waals surface area contributed by atoms with Crippen LogP contribution in [0.25, 0.3) is 0 Å². The Morgan fingerprint density at radius 3 is 2.57 bits per heavy atom. The molecular formula is C16H15N3O4. The van der Waals surface area contributed by atoms with Crippen LogP contribution in [0.4, 0.5) is 11.4 Å². The monoisotopic (exact) mass is 313 g/mol. The smallest absolute Gasteiger partial charge is 0.270 e. The molecule has 7 nitrogen and oxygen atoms in total. The lowest BCUT2D eigenvalue weighted by Crippen LogP contribution is -2.18. The van der Waals surface area contributed by atoms with Gasteiger partial charge in [0.05, 0.1) is 16.2 Å². The number of carbonyl (C=O) groups is 2. The summed E-state index contributed by atoms with van der Waals surface area (Å²) in [4.78, 5) is 33.9. The maximum Gasteiger partial charge on any atom is 0.270 e. The first-order valence-corrected chi connectivity index (χ1v) is 6.91. The molecule has 0 saturated carbocycles. The van der Waals surface area contributed by atoms with Crippen molar-refractivity contribution in [1.82, 2.24) is 0 Å². The van der Waals surface area contributed by atoms with Gasteiger partial charge in [0.25, 0.3) is 17.5 Å². The molecule has 2 rings (SSSR count). The molecule has 2 amide bonds. The predicted molar refractivity (Wildman–Crippen MR) is 85.4 cm³/mol. The van der Waals surface area contributed by atoms with Gasteiger partial charge in [0.2, 0.25) is 0 Å². The number of nitro benzene ring substituents is 1. The lowest BCUT2D eigenvalue weighted by Gasteiger charge is -2.09. The number of aryl methyl sites for hydroxylation is 1. The average molecular weight is 313 g/mol. The van der Waals surface area contributed by atoms with Crippen molar-refractivity contribution < 1.29 is 14.5 Å². The lowest BCUT2D eigenvalue weighted by molar-refractivity contribution is -0.384. The molecule has 23 heavy (non-hydrogen) atoms. The predicted octanol–water partition coefficient (Wildman–Crippen LogP) is 2.51. The third kappa shape index (κ3) is 3.70. The number of benzene rings is 2. The Labute approximate surface area is 132 Å². The standard InChI is InChI=1S/C16H15N3O4/c1-2-10-4-3-5-11(8-10)16(21)18-14-7-6-12(19(22)23)9-13(14)15(17)20/h3-9H,2H2,1H3,(H2,17,20)(H,18,21). The molecule has 0 fully saturated rings. The molecule has 0 unspecified atom stereocenters. The van der Waals surface area contributed by atoms with Crippen LogP contribution >= 0.6 is 0 Å². The molecule has 7 heteroatoms. The number of rotatable bonds is 5. The van der Waals surface area contributed by atoms with E-state index in [2.05, 4.69) is 5.32 Å². The van der Waals surface area contributed by atoms with Crippen LogP contribution in [-0.2, 0) is 6.42 Å². The van der Waals surface area contributed by atoms with E-state index in [0.29, 0.717) is 5.56 Å². The van der Waals surface area contributed by atoms with Crippen LogP contribution < -0.4 is 11.1 Å². The van der Waals surface area contributed by atoms with Gasteiger partial charge in [-0.25, -0.2) is 0 Å². The molecule has 0 aliphatic heterocycles. The molecular weight excluding hydrogens is 298 g/mol. The fourth-order valence-electron chi connectivity index (χ4n) is 2.09. The number of nitro groups is 1. The number of hydrogen-bond acceptors (Lipinski definition) is 4. The highest BCUT2D eigenvalue weighted by Gasteiger charge is 2.17. The third-order valence-electron chi connectivity index (χ3n) is 3.33. The van der Waals surface area contributed by atoms with Gasteiger partial charge in [0.15, 0.2) is 0 Å². The Kier molecular flexibility index (Phi) is 4.70. The molecule has 0 saturated heterocycles. The molecule has 0 heterocycles. The first-order valence-electron chi connectivity index (χ1n) is 6.91. The number of nitrogens with two attached hydrogens (primary N) is 1. The van der Waals surface area contributed by atoms with Crippen LogP contribution in [0, 0.1) is 10.1 Å². The molecule has 0 spiro atoms. The van der Waals surface area contributed by atoms with Crippen LogP contribution in [0.5, 0.6) is 0 Å². The maximum absolute atomic E-state index is 12.3. The Morgan fingerprint density at radius 1 is 1.22 bits per heavy atom. The second-order valence-electron chi connectivity index (χ2n) is 4.86. The minimum absolute atomic E-state index is 0.112. The summed E-state index contributed by atoms with van der Waals surface area (Å²) in [7, 11) is 0. The molecule has 118 valence electrons. The average Bonchev–Trinajstić information content (AvgIpc) is 2.54. The Hall–Kier alpha value is -3.22. The van der Waals surface area contributed by atoms with E-state index in [0.717, 1.165) is 18.1 Å². The SMILES string of the molecule is CCc1cccc(C(=O)Nc2ccc([N+](=O)[O-])cc2C(N)=O)c1. The molecule has 0 bridgehead atoms. The van der Waals surface area contributed by atoms with Gasteiger partial charge in [-0.15, -0.1) is 0 Å². The number of anilines is 1. The summed E-state index contributed by atoms with van der Waals surface area (Å²) in [6, 6.07) is 10.6. The zero-order chi connectivity index (χ0) is 17.0. The second-order valence-corrected chi connectivity index (χ2v) is 4.86. The third-order valence-corrected chi connectivity index (χ3v) is 3.33. The van der Waals surface area contributed by atoms with E-state index in [1.54, 1.807) is 18.2 Å². The van der Waals surface area contributed by atoms with Crippen LogP contribution in [-0.4, -0.2) is 16.7 Å². The summed E-state index contributed by atoms with van der Waals surface area (Å²) >= 11 is 0. The number of non-ortho nitro benzene ring substituents is 1. The summed E-state index contributed by atoms with van der Waals surface area (Å²) in [5.41, 5.74) is 6.41. The number of nitrogens with zero attached hydrogens (tertiary/aromatic N) is 1. The van der Waals surface area contributed by atoms with Gasteiger partial charge in [-0.3, -0.25) is 19.7 Å². The lowest BCUT2D eigenvalue weighted by atomic mass is 10.1. The zero-order valence-electron chi connectivity index (χ0n) is 12.4. The van der Waals surface area contributed by atoms with Crippen LogP contribution in [0.15, 0.2) is 42.5 Å². The molecule has 0 aliphatic carbocycles. The van der Waals surface area contributed by atoms with Gasteiger partial charge in [-0.05, 0) is 30.2 Å². The van der Waals surface area contributed by atoms with Crippen molar-refractivity contribution in [3.05, 3.63) is 69.3 Å². The van der Waals surface area contributed by atoms with Gasteiger partial charge in [0.1, 0.15) is 0 Å². The first-order chi connectivity index (χ1) is 10.9. The van der Waals surface area contributed by atoms with Crippen LogP contribution in [0.2, 0.25) is 0 Å². The largest absolute Gasteiger partial charge is 0.366 e. The minimum atomic E-state index is -0.855. The maximum atomic E-state index is 12.3. The fraction of sp³-hybridized carbons (Fsp3) is 0.125. The first kappa shape index (κ1) is 16.2. The van der Waals surface area contributed by atoms with Crippen molar-refractivity contribution in [2.24, 2.45) is 5.73 Å². The van der Waals surface area contributed by atoms with Crippen molar-refractivity contribution in [3.63, 3.8) is 0 Å². The van der Waals surface area contributed by atoms with Crippen molar-refractivity contribution in [2.75, 3.05) is 5.32 Å². The molecule has 2 aromatic carbocycles. The Balaban J connectivity index is 2.33. The van der Waals surface area contributed by atoms with E-state index in [-0.39, 0.29) is 16.9 Å². The summed E-state index contributed by atoms with van der Waals surface area (Å²) in [5.74, 6) is -1.28. The topological polar surface area (TPSA) is 115 Å². The number of primary amides is 1. The van der Waals surface area contributed by atoms with Crippen LogP contribution in [0.1, 0.15) is 33.2 Å². The normalized spacial score (nSPS) is 10.1. The van der Waals surface area contributed by atoms with Crippen molar-refractivity contribution in [3.8, 4) is 0 Å². The van der Waals surface area contributed by atoms with Gasteiger partial charge in [-0.1, -0.05) is 19.1 Å². The quantitative estimate of drug-likeness (QED) is 0.651. The molecule has 3 N–H and O–H groups in total. The van der Waals surface area contributed by atoms with Crippen molar-refractivity contribution in [1.29, 1.82) is 0 Å². The molecule has 0 radical (unpaired) electrons. The van der Waals surface area contributed by atoms with Crippen molar-refractivity contribution in [2.45, 2.75) is 13.3 Å². The molecule has 2 aromatic rings. The number of nitrogens with one attached hydrogen (secondary N) is 1. The van der Waals surface area contributed by atoms with Gasteiger partial charge in [-0.2, -0.15) is 0 Å². The molecule has 0 aliphatic rings. The van der Waals surface area contributed by atoms with E-state index < -0.39 is 16.7 Å². The summed E-state index contributed by atoms with van der Waals surface area (Å²) in [6.07, 6.45) is 0.783. The van der Waals surface area contributed by atoms with Gasteiger partial charge in [0, 0.05) is 17.7 Å². The highest BCUT2D eigenvalue weighted by molar-refractivity contribution is 6.09. The molecule has 0 atom stereocenters. The molecule has 0 aromatic heterocycles. The van der Waals surface area contributed by atoms with Crippen molar-refractivity contribution >= 4 is 23.2 Å². The number of hydrogen-bond donors (Lipinski definition) is 2. The second kappa shape index (κ2) is 6.69. The van der Waals surface area contributed by atoms with E-state index >= 15 is 0 Å². The Morgan fingerprint density at radius 2 is 1.96 bits per heavy atom. The highest BCUT2D eigenvalue weighted by Crippen LogP contribution is 2.22. The van der Waals surface area contributed by atoms with E-state index in [1.807, 2.05) is 13.0 Å². The highest BCUT2D eigenvalue weighted by atomic mass is 16.6. The van der Waals surface area contributed by atoms with E-state index in [1.165, 1.54) is 12.1 Å². The summed E-state index contributed by atoms with van der Waals surface area (Å²) in [5, 5.41) is 13.3. The fourth-order valence-corrected chi connectivity index (χ4v) is 2.09. The van der Waals surface area contributed by atoms with Gasteiger partial charge < -0.3 is 11.1 Å². The van der Waals surface area contributed by atoms with Gasteiger partial charge >= 0.3 is 0 Å². The summed E-state index contributed by atoms with van der Waals surface area (Å²) in [6.45, 7) is 1.97. The van der Waals surface area contributed by atoms with E-state index in [4.69, 9.17) is 5.73 Å². The Bertz CT molecular complexity index is 787. The minimum Gasteiger partial charge on any atom is -0.366 e. The number of amides is 2. The van der Waals surface area contributed by atoms with E-state index in [9.17, 15) is 19.7 Å². The zero-order valence-corrected chi connectivity index (χ0v) is 12.4. The van der Waals surface area contributed by atoms with Crippen LogP contribution in [0.3, 0.4) is 0 Å². The number of carbonyl (C=O) groups excluding carboxylic acids is 2.